The van der Waals surface area contributed by atoms with Crippen LogP contribution in [-0.2, 0) is 5.41 Å². The number of nitro benzene ring substituents is 1. The molecule has 0 amide bonds. The highest BCUT2D eigenvalue weighted by Gasteiger charge is 2.43. The summed E-state index contributed by atoms with van der Waals surface area (Å²) in [5.41, 5.74) is 5.92. The maximum absolute atomic E-state index is 11.5. The van der Waals surface area contributed by atoms with Gasteiger partial charge in [0.15, 0.2) is 0 Å². The zero-order valence-corrected chi connectivity index (χ0v) is 16.9. The minimum Gasteiger partial charge on any atom is -0.411 e. The van der Waals surface area contributed by atoms with Crippen molar-refractivity contribution in [3.63, 3.8) is 0 Å². The highest BCUT2D eigenvalue weighted by molar-refractivity contribution is 5.99. The lowest BCUT2D eigenvalue weighted by Crippen LogP contribution is -2.26. The van der Waals surface area contributed by atoms with Crippen LogP contribution in [0.1, 0.15) is 76.0 Å². The Morgan fingerprint density at radius 1 is 1.04 bits per heavy atom. The molecule has 1 aliphatic carbocycles. The fraction of sp³-hybridized carbons (Fsp3) is 0.435. The van der Waals surface area contributed by atoms with Crippen LogP contribution in [0.25, 0.3) is 11.1 Å². The molecular weight excluding hydrogens is 352 g/mol. The maximum atomic E-state index is 11.5. The van der Waals surface area contributed by atoms with E-state index >= 15 is 0 Å². The predicted molar refractivity (Wildman–Crippen MR) is 112 cm³/mol. The molecule has 2 aromatic carbocycles. The van der Waals surface area contributed by atoms with E-state index in [0.29, 0.717) is 5.71 Å². The molecule has 148 valence electrons. The molecule has 0 aromatic heterocycles. The third-order valence-electron chi connectivity index (χ3n) is 6.04. The Bertz CT molecular complexity index is 910. The van der Waals surface area contributed by atoms with E-state index in [4.69, 9.17) is 0 Å². The van der Waals surface area contributed by atoms with E-state index in [0.717, 1.165) is 60.8 Å². The van der Waals surface area contributed by atoms with Crippen LogP contribution in [0.2, 0.25) is 0 Å². The van der Waals surface area contributed by atoms with Gasteiger partial charge in [-0.1, -0.05) is 56.8 Å². The van der Waals surface area contributed by atoms with Gasteiger partial charge in [0.25, 0.3) is 5.69 Å². The van der Waals surface area contributed by atoms with Crippen LogP contribution in [0.4, 0.5) is 5.69 Å². The minimum absolute atomic E-state index is 0.150. The number of hydrogen-bond donors (Lipinski definition) is 1. The van der Waals surface area contributed by atoms with Crippen LogP contribution in [0, 0.1) is 10.1 Å². The van der Waals surface area contributed by atoms with E-state index in [1.807, 2.05) is 12.1 Å². The number of benzene rings is 2. The van der Waals surface area contributed by atoms with E-state index in [1.54, 1.807) is 19.1 Å². The average Bonchev–Trinajstić information content (AvgIpc) is 2.99. The van der Waals surface area contributed by atoms with Gasteiger partial charge in [-0.05, 0) is 59.7 Å². The number of nitro groups is 1. The monoisotopic (exact) mass is 380 g/mol. The molecule has 1 N–H and O–H groups in total. The molecule has 0 aliphatic heterocycles. The SMILES string of the molecule is CCCCC1(CCCC)c2cc(C(C)=NO)ccc2-c2ccc([N+](=O)[O-])cc21. The summed E-state index contributed by atoms with van der Waals surface area (Å²) in [6.45, 7) is 6.14. The Labute approximate surface area is 166 Å². The zero-order valence-electron chi connectivity index (χ0n) is 16.9. The van der Waals surface area contributed by atoms with Crippen LogP contribution < -0.4 is 0 Å². The highest BCUT2D eigenvalue weighted by atomic mass is 16.6. The molecule has 2 aromatic rings. The molecule has 0 saturated carbocycles. The Morgan fingerprint density at radius 3 is 2.14 bits per heavy atom. The lowest BCUT2D eigenvalue weighted by Gasteiger charge is -2.32. The van der Waals surface area contributed by atoms with Gasteiger partial charge in [0.2, 0.25) is 0 Å². The van der Waals surface area contributed by atoms with Gasteiger partial charge in [0.1, 0.15) is 0 Å². The molecule has 0 atom stereocenters. The number of oxime groups is 1. The average molecular weight is 380 g/mol. The molecular formula is C23H28N2O3. The van der Waals surface area contributed by atoms with Gasteiger partial charge >= 0.3 is 0 Å². The second kappa shape index (κ2) is 8.13. The molecule has 0 spiro atoms. The molecule has 1 aliphatic rings. The zero-order chi connectivity index (χ0) is 20.3. The fourth-order valence-corrected chi connectivity index (χ4v) is 4.50. The van der Waals surface area contributed by atoms with Crippen LogP contribution >= 0.6 is 0 Å². The summed E-state index contributed by atoms with van der Waals surface area (Å²) in [6, 6.07) is 11.5. The summed E-state index contributed by atoms with van der Waals surface area (Å²) in [5, 5.41) is 24.1. The van der Waals surface area contributed by atoms with Crippen molar-refractivity contribution in [3.8, 4) is 11.1 Å². The summed E-state index contributed by atoms with van der Waals surface area (Å²) >= 11 is 0. The predicted octanol–water partition coefficient (Wildman–Crippen LogP) is 6.44. The Kier molecular flexibility index (Phi) is 5.82. The van der Waals surface area contributed by atoms with Gasteiger partial charge < -0.3 is 5.21 Å². The second-order valence-corrected chi connectivity index (χ2v) is 7.72. The van der Waals surface area contributed by atoms with Crippen molar-refractivity contribution < 1.29 is 10.1 Å². The van der Waals surface area contributed by atoms with E-state index in [-0.39, 0.29) is 16.0 Å². The van der Waals surface area contributed by atoms with Gasteiger partial charge in [0.05, 0.1) is 10.6 Å². The summed E-state index contributed by atoms with van der Waals surface area (Å²) in [4.78, 5) is 11.2. The molecule has 0 fully saturated rings. The molecule has 0 radical (unpaired) electrons. The van der Waals surface area contributed by atoms with Crippen LogP contribution in [-0.4, -0.2) is 15.8 Å². The largest absolute Gasteiger partial charge is 0.411 e. The molecule has 0 unspecified atom stereocenters. The first-order chi connectivity index (χ1) is 13.5. The first-order valence-corrected chi connectivity index (χ1v) is 10.1. The Hall–Kier alpha value is -2.69. The van der Waals surface area contributed by atoms with Gasteiger partial charge in [-0.3, -0.25) is 10.1 Å². The van der Waals surface area contributed by atoms with Gasteiger partial charge in [-0.15, -0.1) is 0 Å². The van der Waals surface area contributed by atoms with Gasteiger partial charge in [-0.25, -0.2) is 0 Å². The quantitative estimate of drug-likeness (QED) is 0.248. The van der Waals surface area contributed by atoms with Crippen LogP contribution in [0.3, 0.4) is 0 Å². The number of hydrogen-bond acceptors (Lipinski definition) is 4. The number of non-ortho nitro benzene ring substituents is 1. The van der Waals surface area contributed by atoms with E-state index in [9.17, 15) is 15.3 Å². The van der Waals surface area contributed by atoms with Crippen molar-refractivity contribution in [1.29, 1.82) is 0 Å². The molecule has 5 nitrogen and oxygen atoms in total. The third-order valence-corrected chi connectivity index (χ3v) is 6.04. The van der Waals surface area contributed by atoms with E-state index in [1.165, 1.54) is 5.56 Å². The molecule has 0 bridgehead atoms. The standard InChI is InChI=1S/C23H28N2O3/c1-4-6-12-23(13-7-5-2)21-14-17(16(3)24-26)8-10-19(21)20-11-9-18(25(27)28)15-22(20)23/h8-11,14-15,26H,4-7,12-13H2,1-3H3. The first-order valence-electron chi connectivity index (χ1n) is 10.1. The number of rotatable bonds is 8. The fourth-order valence-electron chi connectivity index (χ4n) is 4.50. The Balaban J connectivity index is 2.28. The molecule has 5 heteroatoms. The summed E-state index contributed by atoms with van der Waals surface area (Å²) in [6.07, 6.45) is 6.19. The highest BCUT2D eigenvalue weighted by Crippen LogP contribution is 2.55. The lowest BCUT2D eigenvalue weighted by atomic mass is 9.70. The van der Waals surface area contributed by atoms with Crippen LogP contribution in [0.5, 0.6) is 0 Å². The molecule has 3 rings (SSSR count). The van der Waals surface area contributed by atoms with Crippen molar-refractivity contribution in [1.82, 2.24) is 0 Å². The van der Waals surface area contributed by atoms with E-state index in [2.05, 4.69) is 31.1 Å². The topological polar surface area (TPSA) is 75.7 Å². The summed E-state index contributed by atoms with van der Waals surface area (Å²) in [5.74, 6) is 0. The van der Waals surface area contributed by atoms with Crippen molar-refractivity contribution in [2.75, 3.05) is 0 Å². The second-order valence-electron chi connectivity index (χ2n) is 7.72. The normalized spacial score (nSPS) is 14.6. The first kappa shape index (κ1) is 20.1. The van der Waals surface area contributed by atoms with Crippen LogP contribution in [0.15, 0.2) is 41.6 Å². The summed E-state index contributed by atoms with van der Waals surface area (Å²) in [7, 11) is 0. The smallest absolute Gasteiger partial charge is 0.269 e. The third kappa shape index (κ3) is 3.30. The van der Waals surface area contributed by atoms with Crippen molar-refractivity contribution in [2.45, 2.75) is 64.7 Å². The molecule has 0 saturated heterocycles. The number of nitrogens with zero attached hydrogens (tertiary/aromatic N) is 2. The van der Waals surface area contributed by atoms with Crippen molar-refractivity contribution in [3.05, 3.63) is 63.2 Å². The Morgan fingerprint density at radius 2 is 1.61 bits per heavy atom. The number of fused-ring (bicyclic) bond motifs is 3. The van der Waals surface area contributed by atoms with E-state index < -0.39 is 0 Å². The van der Waals surface area contributed by atoms with Crippen molar-refractivity contribution in [2.24, 2.45) is 5.16 Å². The lowest BCUT2D eigenvalue weighted by molar-refractivity contribution is -0.384. The maximum Gasteiger partial charge on any atom is 0.269 e. The molecule has 28 heavy (non-hydrogen) atoms. The summed E-state index contributed by atoms with van der Waals surface area (Å²) < 4.78 is 0. The number of unbranched alkanes of at least 4 members (excludes halogenated alkanes) is 2. The van der Waals surface area contributed by atoms with Gasteiger partial charge in [0, 0.05) is 17.5 Å². The van der Waals surface area contributed by atoms with Gasteiger partial charge in [-0.2, -0.15) is 0 Å². The molecule has 0 heterocycles. The van der Waals surface area contributed by atoms with Crippen molar-refractivity contribution >= 4 is 11.4 Å². The minimum atomic E-state index is -0.304.